The zero-order chi connectivity index (χ0) is 25.8. The predicted molar refractivity (Wildman–Crippen MR) is 127 cm³/mol. The smallest absolute Gasteiger partial charge is 0.255 e. The average Bonchev–Trinajstić information content (AvgIpc) is 2.77. The number of phenols is 1. The first-order chi connectivity index (χ1) is 16.5. The largest absolute Gasteiger partial charge is 0.510 e. The van der Waals surface area contributed by atoms with E-state index in [1.54, 1.807) is 19.0 Å². The zero-order valence-electron chi connectivity index (χ0n) is 20.2. The maximum absolute atomic E-state index is 13.6. The Hall–Kier alpha value is -3.17. The number of nitrogens with zero attached hydrogens (tertiary/aromatic N) is 1. The molecule has 0 spiro atoms. The highest BCUT2D eigenvalue weighted by Crippen LogP contribution is 2.52. The summed E-state index contributed by atoms with van der Waals surface area (Å²) < 4.78 is 0. The van der Waals surface area contributed by atoms with Crippen molar-refractivity contribution < 1.29 is 34.8 Å². The van der Waals surface area contributed by atoms with Crippen LogP contribution >= 0.6 is 0 Å². The first kappa shape index (κ1) is 24.9. The molecular formula is C26H32N2O7. The Bertz CT molecular complexity index is 1180. The molecule has 0 bridgehead atoms. The number of aliphatic hydroxyl groups excluding tert-OH is 2. The van der Waals surface area contributed by atoms with Crippen molar-refractivity contribution in [1.82, 2.24) is 4.90 Å². The molecule has 0 fully saturated rings. The molecule has 188 valence electrons. The SMILES string of the molecule is CCCCCc1ccc(O)c2c1C[C@@H]1C[C@@H]3[C@@H](N(C)C)C(O)=C(C(N)=O)C(=O)[C@@]3(O)C(O)=C1C2=O. The molecule has 4 atom stereocenters. The number of carbonyl (C=O) groups excluding carboxylic acids is 3. The molecule has 0 saturated heterocycles. The Morgan fingerprint density at radius 3 is 2.46 bits per heavy atom. The lowest BCUT2D eigenvalue weighted by molar-refractivity contribution is -0.148. The van der Waals surface area contributed by atoms with Crippen molar-refractivity contribution in [2.24, 2.45) is 17.6 Å². The quantitative estimate of drug-likeness (QED) is 0.302. The topological polar surface area (TPSA) is 161 Å². The molecule has 0 radical (unpaired) electrons. The van der Waals surface area contributed by atoms with Crippen molar-refractivity contribution in [3.63, 3.8) is 0 Å². The van der Waals surface area contributed by atoms with Gasteiger partial charge in [-0.2, -0.15) is 0 Å². The Morgan fingerprint density at radius 1 is 1.17 bits per heavy atom. The van der Waals surface area contributed by atoms with Gasteiger partial charge < -0.3 is 26.2 Å². The molecule has 4 rings (SSSR count). The van der Waals surface area contributed by atoms with Crippen LogP contribution in [0.2, 0.25) is 0 Å². The highest BCUT2D eigenvalue weighted by molar-refractivity contribution is 6.24. The second kappa shape index (κ2) is 8.80. The van der Waals surface area contributed by atoms with Crippen LogP contribution in [0.3, 0.4) is 0 Å². The first-order valence-electron chi connectivity index (χ1n) is 11.9. The van der Waals surface area contributed by atoms with Gasteiger partial charge >= 0.3 is 0 Å². The summed E-state index contributed by atoms with van der Waals surface area (Å²) in [5.74, 6) is -6.32. The van der Waals surface area contributed by atoms with Crippen LogP contribution in [0.5, 0.6) is 5.75 Å². The number of phenolic OH excluding ortho intramolecular Hbond substituents is 1. The normalized spacial score (nSPS) is 28.2. The third kappa shape index (κ3) is 3.56. The van der Waals surface area contributed by atoms with Crippen LogP contribution in [0, 0.1) is 11.8 Å². The number of rotatable bonds is 6. The number of hydrogen-bond acceptors (Lipinski definition) is 8. The number of benzene rings is 1. The van der Waals surface area contributed by atoms with Gasteiger partial charge in [0.25, 0.3) is 5.91 Å². The van der Waals surface area contributed by atoms with E-state index in [-0.39, 0.29) is 23.3 Å². The van der Waals surface area contributed by atoms with Crippen molar-refractivity contribution >= 4 is 17.5 Å². The molecule has 1 amide bonds. The molecule has 0 unspecified atom stereocenters. The van der Waals surface area contributed by atoms with Gasteiger partial charge in [-0.25, -0.2) is 0 Å². The molecule has 6 N–H and O–H groups in total. The fourth-order valence-electron chi connectivity index (χ4n) is 6.11. The van der Waals surface area contributed by atoms with Gasteiger partial charge in [-0.1, -0.05) is 25.8 Å². The Kier molecular flexibility index (Phi) is 6.27. The van der Waals surface area contributed by atoms with Crippen LogP contribution in [-0.4, -0.2) is 68.5 Å². The molecule has 3 aliphatic carbocycles. The molecule has 9 nitrogen and oxygen atoms in total. The summed E-state index contributed by atoms with van der Waals surface area (Å²) in [7, 11) is 3.22. The van der Waals surface area contributed by atoms with Gasteiger partial charge in [0.2, 0.25) is 5.78 Å². The number of ketones is 2. The van der Waals surface area contributed by atoms with E-state index >= 15 is 0 Å². The summed E-state index contributed by atoms with van der Waals surface area (Å²) in [5.41, 5.74) is 3.51. The Morgan fingerprint density at radius 2 is 1.86 bits per heavy atom. The Labute approximate surface area is 203 Å². The lowest BCUT2D eigenvalue weighted by atomic mass is 9.58. The van der Waals surface area contributed by atoms with Gasteiger partial charge in [0.1, 0.15) is 22.8 Å². The van der Waals surface area contributed by atoms with E-state index in [1.165, 1.54) is 6.07 Å². The van der Waals surface area contributed by atoms with E-state index in [2.05, 4.69) is 6.92 Å². The van der Waals surface area contributed by atoms with Crippen LogP contribution < -0.4 is 5.73 Å². The van der Waals surface area contributed by atoms with Crippen LogP contribution in [0.1, 0.15) is 54.1 Å². The van der Waals surface area contributed by atoms with Crippen LogP contribution in [-0.2, 0) is 22.4 Å². The number of Topliss-reactive ketones (excluding diaryl/α,β-unsaturated/α-hetero) is 2. The van der Waals surface area contributed by atoms with Gasteiger partial charge in [-0.15, -0.1) is 0 Å². The molecule has 0 saturated carbocycles. The minimum Gasteiger partial charge on any atom is -0.510 e. The molecule has 1 aromatic carbocycles. The number of allylic oxidation sites excluding steroid dienone is 1. The number of fused-ring (bicyclic) bond motifs is 3. The lowest BCUT2D eigenvalue weighted by Crippen LogP contribution is -2.63. The van der Waals surface area contributed by atoms with E-state index < -0.39 is 58.0 Å². The van der Waals surface area contributed by atoms with Crippen molar-refractivity contribution in [2.45, 2.75) is 57.1 Å². The second-order valence-electron chi connectivity index (χ2n) is 10.0. The maximum atomic E-state index is 13.6. The van der Waals surface area contributed by atoms with Gasteiger partial charge in [0.05, 0.1) is 11.6 Å². The summed E-state index contributed by atoms with van der Waals surface area (Å²) in [6, 6.07) is 2.27. The van der Waals surface area contributed by atoms with Crippen molar-refractivity contribution in [3.8, 4) is 5.75 Å². The van der Waals surface area contributed by atoms with E-state index in [1.807, 2.05) is 6.07 Å². The fourth-order valence-corrected chi connectivity index (χ4v) is 6.11. The van der Waals surface area contributed by atoms with Gasteiger partial charge in [-0.3, -0.25) is 19.3 Å². The van der Waals surface area contributed by atoms with Gasteiger partial charge in [0.15, 0.2) is 11.4 Å². The summed E-state index contributed by atoms with van der Waals surface area (Å²) >= 11 is 0. The number of unbranched alkanes of at least 4 members (excludes halogenated alkanes) is 2. The summed E-state index contributed by atoms with van der Waals surface area (Å²) in [6.07, 6.45) is 4.13. The predicted octanol–water partition coefficient (Wildman–Crippen LogP) is 1.85. The Balaban J connectivity index is 1.89. The van der Waals surface area contributed by atoms with Crippen molar-refractivity contribution in [1.29, 1.82) is 0 Å². The lowest BCUT2D eigenvalue weighted by Gasteiger charge is -2.50. The van der Waals surface area contributed by atoms with E-state index in [4.69, 9.17) is 5.73 Å². The minimum atomic E-state index is -2.61. The molecular weight excluding hydrogens is 452 g/mol. The molecule has 9 heteroatoms. The average molecular weight is 485 g/mol. The number of carbonyl (C=O) groups is 3. The molecule has 0 heterocycles. The van der Waals surface area contributed by atoms with E-state index in [9.17, 15) is 34.8 Å². The molecule has 35 heavy (non-hydrogen) atoms. The van der Waals surface area contributed by atoms with Crippen LogP contribution in [0.15, 0.2) is 34.8 Å². The standard InChI is InChI=1S/C26H32N2O7/c1-4-5-6-7-12-8-9-16(29)18-14(12)10-13-11-15-20(28(2)3)22(31)19(25(27)34)24(33)26(15,35)23(32)17(13)21(18)30/h8-9,13,15,20,29,31-32,35H,4-7,10-11H2,1-3H3,(H2,27,34)/t13-,15-,20-,26+/m1/s1. The number of likely N-dealkylation sites (N-methyl/N-ethyl adjacent to an activating group) is 1. The van der Waals surface area contributed by atoms with Crippen molar-refractivity contribution in [3.05, 3.63) is 51.5 Å². The number of amides is 1. The van der Waals surface area contributed by atoms with E-state index in [0.717, 1.165) is 31.2 Å². The maximum Gasteiger partial charge on any atom is 0.255 e. The third-order valence-electron chi connectivity index (χ3n) is 7.75. The molecule has 3 aliphatic rings. The highest BCUT2D eigenvalue weighted by atomic mass is 16.3. The van der Waals surface area contributed by atoms with Gasteiger partial charge in [-0.05, 0) is 62.9 Å². The number of aryl methyl sites for hydroxylation is 1. The highest BCUT2D eigenvalue weighted by Gasteiger charge is 2.63. The molecule has 1 aromatic rings. The minimum absolute atomic E-state index is 0.0692. The number of primary amides is 1. The zero-order valence-corrected chi connectivity index (χ0v) is 20.2. The summed E-state index contributed by atoms with van der Waals surface area (Å²) in [4.78, 5) is 40.4. The number of aliphatic hydroxyl groups is 3. The van der Waals surface area contributed by atoms with Crippen LogP contribution in [0.25, 0.3) is 0 Å². The monoisotopic (exact) mass is 484 g/mol. The van der Waals surface area contributed by atoms with Gasteiger partial charge in [0, 0.05) is 11.5 Å². The third-order valence-corrected chi connectivity index (χ3v) is 7.75. The van der Waals surface area contributed by atoms with E-state index in [0.29, 0.717) is 12.0 Å². The number of hydrogen-bond donors (Lipinski definition) is 5. The first-order valence-corrected chi connectivity index (χ1v) is 11.9. The fraction of sp³-hybridized carbons (Fsp3) is 0.500. The molecule has 0 aliphatic heterocycles. The number of aromatic hydroxyl groups is 1. The van der Waals surface area contributed by atoms with Crippen LogP contribution in [0.4, 0.5) is 0 Å². The number of nitrogens with two attached hydrogens (primary N) is 1. The summed E-state index contributed by atoms with van der Waals surface area (Å²) in [6.45, 7) is 2.10. The second-order valence-corrected chi connectivity index (χ2v) is 10.0. The summed E-state index contributed by atoms with van der Waals surface area (Å²) in [5, 5.41) is 44.2. The molecule has 0 aromatic heterocycles. The van der Waals surface area contributed by atoms with Crippen molar-refractivity contribution in [2.75, 3.05) is 14.1 Å².